The zero-order valence-electron chi connectivity index (χ0n) is 19.3. The number of aryl methyl sites for hydroxylation is 4. The number of rotatable bonds is 6. The van der Waals surface area contributed by atoms with Crippen LogP contribution < -0.4 is 9.13 Å². The van der Waals surface area contributed by atoms with E-state index in [0.717, 1.165) is 13.1 Å². The molecule has 0 aliphatic heterocycles. The molecule has 0 saturated heterocycles. The zero-order chi connectivity index (χ0) is 25.6. The van der Waals surface area contributed by atoms with Crippen molar-refractivity contribution in [2.75, 3.05) is 0 Å². The molecule has 13 heteroatoms. The summed E-state index contributed by atoms with van der Waals surface area (Å²) in [5, 5.41) is 33.9. The Kier molecular flexibility index (Phi) is 47.0. The van der Waals surface area contributed by atoms with Crippen molar-refractivity contribution in [2.24, 2.45) is 14.1 Å². The van der Waals surface area contributed by atoms with Crippen LogP contribution in [0.3, 0.4) is 0 Å². The van der Waals surface area contributed by atoms with Gasteiger partial charge in [-0.1, -0.05) is 75.6 Å². The maximum Gasteiger partial charge on any atom is 2.00 e. The third-order valence-electron chi connectivity index (χ3n) is 3.19. The topological polar surface area (TPSA) is 107 Å². The first-order valence-corrected chi connectivity index (χ1v) is 11.0. The monoisotopic (exact) mass is 569 g/mol. The third kappa shape index (κ3) is 40.9. The van der Waals surface area contributed by atoms with Crippen LogP contribution in [0.2, 0.25) is 0 Å². The second kappa shape index (κ2) is 37.4. The molecular formula is C20H30CoN8S4. The van der Waals surface area contributed by atoms with Crippen LogP contribution in [-0.4, -0.2) is 29.8 Å². The third-order valence-corrected chi connectivity index (χ3v) is 3.19. The van der Waals surface area contributed by atoms with Crippen molar-refractivity contribution in [1.82, 2.24) is 9.13 Å². The number of hydrogen-bond donors (Lipinski definition) is 0. The number of imidazole rings is 2. The first kappa shape index (κ1) is 41.4. The van der Waals surface area contributed by atoms with Crippen LogP contribution in [0.4, 0.5) is 0 Å². The normalized spacial score (nSPS) is 7.15. The molecule has 0 saturated carbocycles. The molecular weight excluding hydrogens is 539 g/mol. The second-order valence-electron chi connectivity index (χ2n) is 5.71. The van der Waals surface area contributed by atoms with Gasteiger partial charge in [-0.15, -0.1) is 0 Å². The summed E-state index contributed by atoms with van der Waals surface area (Å²) in [4.78, 5) is 0. The number of nitrogens with zero attached hydrogens (tertiary/aromatic N) is 8. The average molecular weight is 570 g/mol. The Hall–Kier alpha value is -1.87. The largest absolute Gasteiger partial charge is 2.00 e. The van der Waals surface area contributed by atoms with Gasteiger partial charge in [-0.3, -0.25) is 0 Å². The van der Waals surface area contributed by atoms with Gasteiger partial charge < -0.3 is 21.6 Å². The maximum atomic E-state index is 7.13. The van der Waals surface area contributed by atoms with Crippen LogP contribution in [0.25, 0.3) is 21.6 Å². The van der Waals surface area contributed by atoms with Gasteiger partial charge in [0.2, 0.25) is 12.7 Å². The number of hydrogen-bond acceptors (Lipinski definition) is 4. The molecule has 0 aromatic carbocycles. The van der Waals surface area contributed by atoms with E-state index in [-0.39, 0.29) is 16.8 Å². The number of unbranched alkanes of at least 4 members (excludes halogenated alkanes) is 2. The Morgan fingerprint density at radius 2 is 0.909 bits per heavy atom. The van der Waals surface area contributed by atoms with Gasteiger partial charge in [-0.05, 0) is 12.8 Å². The standard InChI is InChI=1S/2C8H15N2.4CNS.Co/c2*1-3-4-5-10-7-6-9(2)8-10;4*2-1-3;/h2*6-8H,3-5H2,1-2H3;;;;;/q2*+1;4*-1;+2. The fraction of sp³-hybridized carbons (Fsp3) is 0.500. The van der Waals surface area contributed by atoms with Crippen LogP contribution in [0, 0.1) is 0 Å². The molecule has 2 aromatic heterocycles. The second-order valence-corrected chi connectivity index (χ2v) is 6.44. The van der Waals surface area contributed by atoms with Gasteiger partial charge in [0.1, 0.15) is 24.8 Å². The summed E-state index contributed by atoms with van der Waals surface area (Å²) < 4.78 is 8.55. The van der Waals surface area contributed by atoms with E-state index in [0.29, 0.717) is 0 Å². The summed E-state index contributed by atoms with van der Waals surface area (Å²) in [6.45, 7) is 6.72. The molecule has 0 bridgehead atoms. The summed E-state index contributed by atoms with van der Waals surface area (Å²) >= 11 is 14.8. The van der Waals surface area contributed by atoms with Gasteiger partial charge in [0.25, 0.3) is 0 Å². The summed E-state index contributed by atoms with van der Waals surface area (Å²) in [7, 11) is 4.09. The van der Waals surface area contributed by atoms with Crippen molar-refractivity contribution in [1.29, 1.82) is 0 Å². The molecule has 0 aliphatic rings. The Morgan fingerprint density at radius 1 is 0.667 bits per heavy atom. The molecule has 0 unspecified atom stereocenters. The summed E-state index contributed by atoms with van der Waals surface area (Å²) in [5.74, 6) is 0. The molecule has 0 spiro atoms. The fourth-order valence-corrected chi connectivity index (χ4v) is 1.95. The molecule has 0 aliphatic carbocycles. The average Bonchev–Trinajstić information content (AvgIpc) is 3.35. The van der Waals surface area contributed by atoms with Crippen molar-refractivity contribution in [3.63, 3.8) is 0 Å². The van der Waals surface area contributed by atoms with Crippen LogP contribution in [0.15, 0.2) is 37.4 Å². The minimum absolute atomic E-state index is 0. The van der Waals surface area contributed by atoms with E-state index in [9.17, 15) is 0 Å². The molecule has 1 radical (unpaired) electrons. The van der Waals surface area contributed by atoms with Crippen molar-refractivity contribution >= 4 is 69.5 Å². The van der Waals surface area contributed by atoms with Gasteiger partial charge in [-0.25, -0.2) is 18.3 Å². The Labute approximate surface area is 229 Å². The quantitative estimate of drug-likeness (QED) is 0.281. The molecule has 8 nitrogen and oxygen atoms in total. The van der Waals surface area contributed by atoms with Gasteiger partial charge in [0.15, 0.2) is 0 Å². The first-order chi connectivity index (χ1) is 15.3. The van der Waals surface area contributed by atoms with E-state index in [1.807, 2.05) is 14.1 Å². The van der Waals surface area contributed by atoms with E-state index in [2.05, 4.69) is 118 Å². The SMILES string of the molecule is CCCCn1cc[n+](C)c1.CCCCn1cc[n+](C)c1.[Co+2].[N-]=C=S.[N-]=C=S.[N-]=C=S.[N-]=C=S. The van der Waals surface area contributed by atoms with Crippen LogP contribution in [0.5, 0.6) is 0 Å². The molecule has 2 heterocycles. The van der Waals surface area contributed by atoms with Crippen molar-refractivity contribution in [2.45, 2.75) is 52.6 Å². The molecule has 2 aromatic rings. The van der Waals surface area contributed by atoms with Crippen LogP contribution >= 0.6 is 48.9 Å². The molecule has 0 N–H and O–H groups in total. The Bertz CT molecular complexity index is 719. The smallest absolute Gasteiger partial charge is 0.753 e. The van der Waals surface area contributed by atoms with Crippen molar-refractivity contribution in [3.05, 3.63) is 59.1 Å². The molecule has 33 heavy (non-hydrogen) atoms. The Morgan fingerprint density at radius 3 is 1.06 bits per heavy atom. The number of aromatic nitrogens is 4. The maximum absolute atomic E-state index is 7.13. The zero-order valence-corrected chi connectivity index (χ0v) is 23.6. The van der Waals surface area contributed by atoms with Gasteiger partial charge >= 0.3 is 16.8 Å². The Balaban J connectivity index is -0.000000106. The van der Waals surface area contributed by atoms with Crippen LogP contribution in [0.1, 0.15) is 39.5 Å². The van der Waals surface area contributed by atoms with Gasteiger partial charge in [0, 0.05) is 0 Å². The van der Waals surface area contributed by atoms with E-state index in [1.54, 1.807) is 0 Å². The molecule has 0 atom stereocenters. The summed E-state index contributed by atoms with van der Waals surface area (Å²) in [6.07, 6.45) is 17.6. The summed E-state index contributed by atoms with van der Waals surface area (Å²) in [5.41, 5.74) is 0. The minimum atomic E-state index is 0. The predicted molar refractivity (Wildman–Crippen MR) is 145 cm³/mol. The molecule has 0 fully saturated rings. The molecule has 183 valence electrons. The van der Waals surface area contributed by atoms with Gasteiger partial charge in [-0.2, -0.15) is 20.6 Å². The van der Waals surface area contributed by atoms with Crippen LogP contribution in [-0.2, 0) is 44.0 Å². The summed E-state index contributed by atoms with van der Waals surface area (Å²) in [6, 6.07) is 0. The number of isothiocyanates is 4. The first-order valence-electron chi connectivity index (χ1n) is 9.38. The minimum Gasteiger partial charge on any atom is -0.753 e. The van der Waals surface area contributed by atoms with E-state index in [1.165, 1.54) is 46.3 Å². The number of thiocarbonyl (C=S) groups is 4. The van der Waals surface area contributed by atoms with Crippen molar-refractivity contribution < 1.29 is 25.9 Å². The van der Waals surface area contributed by atoms with E-state index in [4.69, 9.17) is 21.6 Å². The fourth-order valence-electron chi connectivity index (χ4n) is 1.95. The van der Waals surface area contributed by atoms with E-state index >= 15 is 0 Å². The van der Waals surface area contributed by atoms with Gasteiger partial charge in [0.05, 0.1) is 27.2 Å². The van der Waals surface area contributed by atoms with Crippen molar-refractivity contribution in [3.8, 4) is 0 Å². The predicted octanol–water partition coefficient (Wildman–Crippen LogP) is 4.86. The molecule has 2 rings (SSSR count). The molecule has 0 amide bonds. The van der Waals surface area contributed by atoms with E-state index < -0.39 is 0 Å².